The Morgan fingerprint density at radius 3 is 2.39 bits per heavy atom. The highest BCUT2D eigenvalue weighted by molar-refractivity contribution is 9.10. The van der Waals surface area contributed by atoms with Crippen LogP contribution in [0.1, 0.15) is 26.3 Å². The van der Waals surface area contributed by atoms with E-state index in [0.29, 0.717) is 22.3 Å². The number of nitrogens with zero attached hydrogens (tertiary/aromatic N) is 2. The fourth-order valence-corrected chi connectivity index (χ4v) is 3.89. The van der Waals surface area contributed by atoms with Gasteiger partial charge in [0.25, 0.3) is 5.56 Å². The summed E-state index contributed by atoms with van der Waals surface area (Å²) in [5.41, 5.74) is 0.551. The number of hydrogen-bond donors (Lipinski definition) is 0. The Morgan fingerprint density at radius 1 is 1.18 bits per heavy atom. The molecule has 0 unspecified atom stereocenters. The van der Waals surface area contributed by atoms with Crippen LogP contribution in [-0.4, -0.2) is 41.0 Å². The number of thiazole rings is 1. The third-order valence-corrected chi connectivity index (χ3v) is 5.63. The number of rotatable bonds is 7. The highest BCUT2D eigenvalue weighted by atomic mass is 79.9. The molecule has 1 aromatic heterocycles. The van der Waals surface area contributed by atoms with Crippen LogP contribution in [0, 0.1) is 0 Å². The van der Waals surface area contributed by atoms with Crippen molar-refractivity contribution in [1.29, 1.82) is 0 Å². The van der Waals surface area contributed by atoms with Crippen LogP contribution in [0.2, 0.25) is 0 Å². The van der Waals surface area contributed by atoms with Crippen LogP contribution in [0.3, 0.4) is 0 Å². The molecule has 1 amide bonds. The minimum atomic E-state index is -0.539. The fraction of sp³-hybridized carbons (Fsp3) is 0.350. The Hall–Kier alpha value is -2.19. The molecule has 0 N–H and O–H groups in total. The Balaban J connectivity index is 2.56. The van der Waals surface area contributed by atoms with E-state index in [9.17, 15) is 14.4 Å². The molecule has 0 saturated heterocycles. The van der Waals surface area contributed by atoms with Crippen molar-refractivity contribution in [1.82, 2.24) is 9.47 Å². The van der Waals surface area contributed by atoms with Crippen LogP contribution in [0.4, 0.5) is 0 Å². The average molecular weight is 467 g/mol. The zero-order chi connectivity index (χ0) is 20.7. The molecular formula is C20H23BrN2O4S. The predicted octanol–water partition coefficient (Wildman–Crippen LogP) is 1.71. The Labute approximate surface area is 175 Å². The average Bonchev–Trinajstić information content (AvgIpc) is 2.93. The number of esters is 1. The number of ether oxygens (including phenoxy) is 1. The molecule has 0 atom stereocenters. The highest BCUT2D eigenvalue weighted by Gasteiger charge is 2.14. The summed E-state index contributed by atoms with van der Waals surface area (Å²) < 4.78 is 8.09. The molecule has 2 rings (SSSR count). The van der Waals surface area contributed by atoms with E-state index in [1.807, 2.05) is 38.1 Å². The van der Waals surface area contributed by atoms with Gasteiger partial charge in [0.05, 0.1) is 17.2 Å². The van der Waals surface area contributed by atoms with Gasteiger partial charge in [-0.25, -0.2) is 4.79 Å². The lowest BCUT2D eigenvalue weighted by molar-refractivity contribution is -0.135. The van der Waals surface area contributed by atoms with Gasteiger partial charge in [-0.05, 0) is 44.5 Å². The van der Waals surface area contributed by atoms with Crippen LogP contribution in [0.5, 0.6) is 0 Å². The van der Waals surface area contributed by atoms with Gasteiger partial charge in [0.2, 0.25) is 5.91 Å². The lowest BCUT2D eigenvalue weighted by Crippen LogP contribution is -2.40. The van der Waals surface area contributed by atoms with Gasteiger partial charge in [-0.15, -0.1) is 11.3 Å². The van der Waals surface area contributed by atoms with Gasteiger partial charge in [0.1, 0.15) is 11.2 Å². The number of carbonyl (C=O) groups is 2. The number of amides is 1. The van der Waals surface area contributed by atoms with Crippen molar-refractivity contribution in [2.45, 2.75) is 27.3 Å². The maximum absolute atomic E-state index is 12.9. The van der Waals surface area contributed by atoms with Crippen molar-refractivity contribution >= 4 is 51.3 Å². The van der Waals surface area contributed by atoms with E-state index in [1.54, 1.807) is 17.9 Å². The number of hydrogen-bond acceptors (Lipinski definition) is 5. The van der Waals surface area contributed by atoms with Crippen molar-refractivity contribution in [2.24, 2.45) is 0 Å². The van der Waals surface area contributed by atoms with Gasteiger partial charge in [0, 0.05) is 17.6 Å². The topological polar surface area (TPSA) is 68.6 Å². The van der Waals surface area contributed by atoms with E-state index in [1.165, 1.54) is 10.6 Å². The fourth-order valence-electron chi connectivity index (χ4n) is 2.60. The maximum atomic E-state index is 12.9. The SMILES string of the molecule is CCOC(=O)/C=c1\s/c(=C\c2ccc(Br)cc2)c(=O)n1CC(=O)N(CC)CC. The summed E-state index contributed by atoms with van der Waals surface area (Å²) in [6.45, 7) is 6.72. The molecule has 0 radical (unpaired) electrons. The van der Waals surface area contributed by atoms with E-state index in [0.717, 1.165) is 21.4 Å². The molecule has 1 aromatic carbocycles. The van der Waals surface area contributed by atoms with Crippen molar-refractivity contribution in [2.75, 3.05) is 19.7 Å². The van der Waals surface area contributed by atoms with E-state index in [-0.39, 0.29) is 24.6 Å². The number of halogens is 1. The quantitative estimate of drug-likeness (QED) is 0.582. The minimum absolute atomic E-state index is 0.115. The molecule has 1 heterocycles. The molecule has 0 aliphatic rings. The van der Waals surface area contributed by atoms with Gasteiger partial charge in [0.15, 0.2) is 0 Å². The first-order valence-corrected chi connectivity index (χ1v) is 10.6. The largest absolute Gasteiger partial charge is 0.463 e. The summed E-state index contributed by atoms with van der Waals surface area (Å²) in [6.07, 6.45) is 3.02. The first-order valence-electron chi connectivity index (χ1n) is 9.02. The van der Waals surface area contributed by atoms with Gasteiger partial charge < -0.3 is 9.64 Å². The normalized spacial score (nSPS) is 12.3. The summed E-state index contributed by atoms with van der Waals surface area (Å²) >= 11 is 4.55. The summed E-state index contributed by atoms with van der Waals surface area (Å²) in [7, 11) is 0. The molecule has 8 heteroatoms. The molecule has 0 fully saturated rings. The molecule has 2 aromatic rings. The lowest BCUT2D eigenvalue weighted by Gasteiger charge is -2.18. The summed E-state index contributed by atoms with van der Waals surface area (Å²) in [5, 5.41) is 0. The second-order valence-corrected chi connectivity index (χ2v) is 7.83. The molecule has 0 spiro atoms. The number of carbonyl (C=O) groups excluding carboxylic acids is 2. The zero-order valence-corrected chi connectivity index (χ0v) is 18.5. The monoisotopic (exact) mass is 466 g/mol. The van der Waals surface area contributed by atoms with Gasteiger partial charge in [-0.1, -0.05) is 28.1 Å². The Morgan fingerprint density at radius 2 is 1.82 bits per heavy atom. The van der Waals surface area contributed by atoms with Gasteiger partial charge >= 0.3 is 5.97 Å². The van der Waals surface area contributed by atoms with E-state index in [2.05, 4.69) is 15.9 Å². The lowest BCUT2D eigenvalue weighted by atomic mass is 10.2. The maximum Gasteiger partial charge on any atom is 0.333 e. The zero-order valence-electron chi connectivity index (χ0n) is 16.1. The van der Waals surface area contributed by atoms with Gasteiger partial charge in [-0.2, -0.15) is 0 Å². The molecular weight excluding hydrogens is 444 g/mol. The van der Waals surface area contributed by atoms with Crippen molar-refractivity contribution in [3.8, 4) is 0 Å². The van der Waals surface area contributed by atoms with Crippen molar-refractivity contribution < 1.29 is 14.3 Å². The Kier molecular flexibility index (Phi) is 8.19. The smallest absolute Gasteiger partial charge is 0.333 e. The summed E-state index contributed by atoms with van der Waals surface area (Å²) in [4.78, 5) is 39.0. The van der Waals surface area contributed by atoms with Crippen LogP contribution < -0.4 is 14.8 Å². The third kappa shape index (κ3) is 5.65. The van der Waals surface area contributed by atoms with Gasteiger partial charge in [-0.3, -0.25) is 14.2 Å². The van der Waals surface area contributed by atoms with E-state index >= 15 is 0 Å². The summed E-state index contributed by atoms with van der Waals surface area (Å²) in [5.74, 6) is -0.707. The first kappa shape index (κ1) is 22.1. The molecule has 0 saturated carbocycles. The van der Waals surface area contributed by atoms with Crippen molar-refractivity contribution in [3.63, 3.8) is 0 Å². The molecule has 150 valence electrons. The molecule has 6 nitrogen and oxygen atoms in total. The summed E-state index contributed by atoms with van der Waals surface area (Å²) in [6, 6.07) is 7.52. The van der Waals surface area contributed by atoms with Crippen molar-refractivity contribution in [3.05, 3.63) is 53.9 Å². The van der Waals surface area contributed by atoms with E-state index < -0.39 is 5.97 Å². The number of aromatic nitrogens is 1. The van der Waals surface area contributed by atoms with Crippen LogP contribution in [0.25, 0.3) is 12.2 Å². The molecule has 0 aliphatic carbocycles. The molecule has 28 heavy (non-hydrogen) atoms. The molecule has 0 aliphatic heterocycles. The van der Waals surface area contributed by atoms with Crippen LogP contribution >= 0.6 is 27.3 Å². The second-order valence-electron chi connectivity index (χ2n) is 5.85. The third-order valence-electron chi connectivity index (χ3n) is 4.04. The van der Waals surface area contributed by atoms with Crippen LogP contribution in [-0.2, 0) is 20.9 Å². The molecule has 0 bridgehead atoms. The number of likely N-dealkylation sites (N-methyl/N-ethyl adjacent to an activating group) is 1. The minimum Gasteiger partial charge on any atom is -0.463 e. The standard InChI is InChI=1S/C20H23BrN2O4S/c1-4-22(5-2)17(24)13-23-18(12-19(25)27-6-3)28-16(20(23)26)11-14-7-9-15(21)10-8-14/h7-12H,4-6,13H2,1-3H3/b16-11-,18-12-. The predicted molar refractivity (Wildman–Crippen MR) is 115 cm³/mol. The second kappa shape index (κ2) is 10.4. The first-order chi connectivity index (χ1) is 13.4. The highest BCUT2D eigenvalue weighted by Crippen LogP contribution is 2.10. The van der Waals surface area contributed by atoms with Crippen LogP contribution in [0.15, 0.2) is 33.5 Å². The Bertz CT molecular complexity index is 1000. The number of benzene rings is 1. The van der Waals surface area contributed by atoms with E-state index in [4.69, 9.17) is 4.74 Å².